The van der Waals surface area contributed by atoms with Gasteiger partial charge in [0.2, 0.25) is 0 Å². The van der Waals surface area contributed by atoms with E-state index in [9.17, 15) is 0 Å². The van der Waals surface area contributed by atoms with Gasteiger partial charge in [-0.1, -0.05) is 6.92 Å². The summed E-state index contributed by atoms with van der Waals surface area (Å²) in [5.41, 5.74) is 1.28. The third kappa shape index (κ3) is 5.03. The van der Waals surface area contributed by atoms with Crippen LogP contribution in [0.4, 0.5) is 5.82 Å². The first-order chi connectivity index (χ1) is 9.28. The zero-order valence-corrected chi connectivity index (χ0v) is 12.5. The zero-order chi connectivity index (χ0) is 13.5. The number of nitrogens with one attached hydrogen (secondary N) is 1. The van der Waals surface area contributed by atoms with Gasteiger partial charge in [0.25, 0.3) is 0 Å². The van der Waals surface area contributed by atoms with Crippen LogP contribution < -0.4 is 5.32 Å². The first-order valence-corrected chi connectivity index (χ1v) is 8.33. The molecule has 0 saturated heterocycles. The van der Waals surface area contributed by atoms with Crippen molar-refractivity contribution in [3.63, 3.8) is 0 Å². The van der Waals surface area contributed by atoms with Crippen LogP contribution >= 0.6 is 11.8 Å². The van der Waals surface area contributed by atoms with E-state index in [0.29, 0.717) is 6.04 Å². The number of hydrogen-bond acceptors (Lipinski definition) is 4. The molecule has 2 rings (SSSR count). The number of aromatic nitrogens is 1. The summed E-state index contributed by atoms with van der Waals surface area (Å²) in [7, 11) is 0. The Labute approximate surface area is 120 Å². The molecule has 1 aliphatic carbocycles. The summed E-state index contributed by atoms with van der Waals surface area (Å²) in [6.07, 6.45) is 7.04. The molecule has 106 valence electrons. The van der Waals surface area contributed by atoms with Gasteiger partial charge in [-0.15, -0.1) is 0 Å². The van der Waals surface area contributed by atoms with E-state index in [4.69, 9.17) is 5.11 Å². The summed E-state index contributed by atoms with van der Waals surface area (Å²) < 4.78 is 0. The predicted molar refractivity (Wildman–Crippen MR) is 82.5 cm³/mol. The number of anilines is 1. The highest BCUT2D eigenvalue weighted by molar-refractivity contribution is 7.98. The number of thioether (sulfide) groups is 1. The Kier molecular flexibility index (Phi) is 5.98. The lowest BCUT2D eigenvalue weighted by atomic mass is 9.87. The minimum Gasteiger partial charge on any atom is -0.396 e. The number of aliphatic hydroxyl groups is 1. The van der Waals surface area contributed by atoms with Gasteiger partial charge in [-0.25, -0.2) is 4.98 Å². The molecule has 3 nitrogen and oxygen atoms in total. The van der Waals surface area contributed by atoms with Crippen molar-refractivity contribution in [3.05, 3.63) is 23.9 Å². The lowest BCUT2D eigenvalue weighted by Gasteiger charge is -2.27. The molecule has 0 spiro atoms. The molecule has 0 bridgehead atoms. The van der Waals surface area contributed by atoms with Gasteiger partial charge in [-0.2, -0.15) is 11.8 Å². The maximum Gasteiger partial charge on any atom is 0.126 e. The highest BCUT2D eigenvalue weighted by Crippen LogP contribution is 2.26. The van der Waals surface area contributed by atoms with Gasteiger partial charge >= 0.3 is 0 Å². The van der Waals surface area contributed by atoms with Crippen LogP contribution in [0, 0.1) is 5.92 Å². The molecular formula is C15H24N2OS. The molecule has 1 fully saturated rings. The molecule has 1 aromatic rings. The molecule has 0 aromatic carbocycles. The molecule has 19 heavy (non-hydrogen) atoms. The molecule has 2 N–H and O–H groups in total. The zero-order valence-electron chi connectivity index (χ0n) is 11.6. The number of hydrogen-bond donors (Lipinski definition) is 2. The van der Waals surface area contributed by atoms with Crippen LogP contribution in [0.15, 0.2) is 18.3 Å². The molecule has 0 radical (unpaired) electrons. The Balaban J connectivity index is 1.84. The number of pyridine rings is 1. The minimum atomic E-state index is 0.251. The average Bonchev–Trinajstić information content (AvgIpc) is 2.42. The summed E-state index contributed by atoms with van der Waals surface area (Å²) >= 11 is 1.76. The van der Waals surface area contributed by atoms with Crippen LogP contribution in [-0.4, -0.2) is 28.5 Å². The molecule has 1 aliphatic rings. The van der Waals surface area contributed by atoms with Crippen LogP contribution in [0.2, 0.25) is 0 Å². The molecule has 0 unspecified atom stereocenters. The number of nitrogens with zero attached hydrogens (tertiary/aromatic N) is 1. The Morgan fingerprint density at radius 1 is 1.37 bits per heavy atom. The van der Waals surface area contributed by atoms with Crippen molar-refractivity contribution in [1.29, 1.82) is 0 Å². The third-order valence-corrected chi connectivity index (χ3v) is 4.71. The second-order valence-corrected chi connectivity index (χ2v) is 6.53. The van der Waals surface area contributed by atoms with Crippen LogP contribution in [0.25, 0.3) is 0 Å². The second kappa shape index (κ2) is 7.75. The molecule has 4 heteroatoms. The van der Waals surface area contributed by atoms with E-state index in [1.54, 1.807) is 11.8 Å². The largest absolute Gasteiger partial charge is 0.396 e. The molecule has 1 aromatic heterocycles. The summed E-state index contributed by atoms with van der Waals surface area (Å²) in [5.74, 6) is 3.62. The molecule has 0 amide bonds. The molecule has 1 saturated carbocycles. The Bertz CT molecular complexity index is 378. The summed E-state index contributed by atoms with van der Waals surface area (Å²) in [6.45, 7) is 2.59. The lowest BCUT2D eigenvalue weighted by molar-refractivity contribution is 0.322. The summed E-state index contributed by atoms with van der Waals surface area (Å²) in [6, 6.07) is 4.78. The first kappa shape index (κ1) is 14.7. The highest BCUT2D eigenvalue weighted by atomic mass is 32.2. The van der Waals surface area contributed by atoms with E-state index in [1.807, 2.05) is 6.20 Å². The predicted octanol–water partition coefficient (Wildman–Crippen LogP) is 3.30. The normalized spacial score (nSPS) is 23.3. The smallest absolute Gasteiger partial charge is 0.126 e. The summed E-state index contributed by atoms with van der Waals surface area (Å²) in [4.78, 5) is 4.41. The topological polar surface area (TPSA) is 45.1 Å². The van der Waals surface area contributed by atoms with Gasteiger partial charge in [-0.3, -0.25) is 0 Å². The Morgan fingerprint density at radius 3 is 2.89 bits per heavy atom. The fraction of sp³-hybridized carbons (Fsp3) is 0.667. The monoisotopic (exact) mass is 280 g/mol. The molecular weight excluding hydrogens is 256 g/mol. The van der Waals surface area contributed by atoms with Crippen molar-refractivity contribution in [2.45, 2.75) is 44.4 Å². The van der Waals surface area contributed by atoms with E-state index in [-0.39, 0.29) is 6.61 Å². The van der Waals surface area contributed by atoms with Crippen molar-refractivity contribution in [1.82, 2.24) is 4.98 Å². The first-order valence-electron chi connectivity index (χ1n) is 7.18. The van der Waals surface area contributed by atoms with Crippen molar-refractivity contribution in [2.75, 3.05) is 17.7 Å². The highest BCUT2D eigenvalue weighted by Gasteiger charge is 2.18. The number of aliphatic hydroxyl groups excluding tert-OH is 1. The Morgan fingerprint density at radius 2 is 2.16 bits per heavy atom. The van der Waals surface area contributed by atoms with E-state index < -0.39 is 0 Å². The standard InChI is InChI=1S/C15H24N2OS/c1-12-2-4-14(5-3-12)17-15-10-13(6-7-16-15)11-19-9-8-18/h6-7,10,12,14,18H,2-5,8-9,11H2,1H3,(H,16,17). The van der Waals surface area contributed by atoms with Crippen molar-refractivity contribution >= 4 is 17.6 Å². The Hall–Kier alpha value is -0.740. The molecule has 0 aliphatic heterocycles. The molecule has 1 heterocycles. The molecule has 0 atom stereocenters. The van der Waals surface area contributed by atoms with E-state index in [0.717, 1.165) is 23.2 Å². The van der Waals surface area contributed by atoms with Crippen LogP contribution in [0.5, 0.6) is 0 Å². The van der Waals surface area contributed by atoms with Gasteiger partial charge < -0.3 is 10.4 Å². The average molecular weight is 280 g/mol. The maximum absolute atomic E-state index is 8.79. The van der Waals surface area contributed by atoms with Gasteiger partial charge in [0.1, 0.15) is 5.82 Å². The number of rotatable bonds is 6. The van der Waals surface area contributed by atoms with Crippen molar-refractivity contribution < 1.29 is 5.11 Å². The fourth-order valence-electron chi connectivity index (χ4n) is 2.51. The van der Waals surface area contributed by atoms with Crippen LogP contribution in [0.3, 0.4) is 0 Å². The second-order valence-electron chi connectivity index (χ2n) is 5.43. The lowest BCUT2D eigenvalue weighted by Crippen LogP contribution is -2.25. The maximum atomic E-state index is 8.79. The van der Waals surface area contributed by atoms with E-state index >= 15 is 0 Å². The van der Waals surface area contributed by atoms with E-state index in [1.165, 1.54) is 31.2 Å². The fourth-order valence-corrected chi connectivity index (χ4v) is 3.20. The van der Waals surface area contributed by atoms with Crippen LogP contribution in [-0.2, 0) is 5.75 Å². The van der Waals surface area contributed by atoms with Crippen molar-refractivity contribution in [3.8, 4) is 0 Å². The van der Waals surface area contributed by atoms with Crippen molar-refractivity contribution in [2.24, 2.45) is 5.92 Å². The van der Waals surface area contributed by atoms with Crippen LogP contribution in [0.1, 0.15) is 38.2 Å². The quantitative estimate of drug-likeness (QED) is 0.785. The van der Waals surface area contributed by atoms with E-state index in [2.05, 4.69) is 29.4 Å². The third-order valence-electron chi connectivity index (χ3n) is 3.70. The minimum absolute atomic E-state index is 0.251. The summed E-state index contributed by atoms with van der Waals surface area (Å²) in [5, 5.41) is 12.4. The van der Waals surface area contributed by atoms with Gasteiger partial charge in [0.15, 0.2) is 0 Å². The van der Waals surface area contributed by atoms with Gasteiger partial charge in [0, 0.05) is 23.7 Å². The SMILES string of the molecule is CC1CCC(Nc2cc(CSCCO)ccn2)CC1. The van der Waals surface area contributed by atoms with Gasteiger partial charge in [-0.05, 0) is 49.3 Å². The van der Waals surface area contributed by atoms with Gasteiger partial charge in [0.05, 0.1) is 6.61 Å².